The molecule has 10 nitrogen and oxygen atoms in total. The fourth-order valence-electron chi connectivity index (χ4n) is 5.39. The van der Waals surface area contributed by atoms with Crippen LogP contribution in [-0.4, -0.2) is 83.8 Å². The summed E-state index contributed by atoms with van der Waals surface area (Å²) in [7, 11) is 2.97. The van der Waals surface area contributed by atoms with Gasteiger partial charge in [-0.2, -0.15) is 18.3 Å². The van der Waals surface area contributed by atoms with Gasteiger partial charge in [0, 0.05) is 49.8 Å². The van der Waals surface area contributed by atoms with Gasteiger partial charge in [0.1, 0.15) is 11.4 Å². The molecule has 0 aliphatic carbocycles. The smallest absolute Gasteiger partial charge is 0.410 e. The number of halogens is 3. The average Bonchev–Trinajstić information content (AvgIpc) is 3.43. The highest BCUT2D eigenvalue weighted by Gasteiger charge is 2.46. The van der Waals surface area contributed by atoms with E-state index in [1.807, 2.05) is 0 Å². The number of aromatic nitrogens is 2. The summed E-state index contributed by atoms with van der Waals surface area (Å²) in [6.45, 7) is 6.84. The van der Waals surface area contributed by atoms with E-state index in [4.69, 9.17) is 14.2 Å². The Kier molecular flexibility index (Phi) is 8.41. The first-order chi connectivity index (χ1) is 20.8. The molecule has 3 heterocycles. The number of hydrogen-bond donors (Lipinski definition) is 1. The molecule has 236 valence electrons. The lowest BCUT2D eigenvalue weighted by molar-refractivity contribution is -0.173. The van der Waals surface area contributed by atoms with Gasteiger partial charge >= 0.3 is 12.3 Å². The Balaban J connectivity index is 1.31. The maximum Gasteiger partial charge on any atom is 0.410 e. The summed E-state index contributed by atoms with van der Waals surface area (Å²) in [4.78, 5) is 28.7. The monoisotopic (exact) mass is 615 g/mol. The van der Waals surface area contributed by atoms with Crippen LogP contribution in [0.5, 0.6) is 11.5 Å². The molecule has 2 atom stereocenters. The minimum absolute atomic E-state index is 0.193. The lowest BCUT2D eigenvalue weighted by Gasteiger charge is -2.35. The van der Waals surface area contributed by atoms with E-state index in [0.717, 1.165) is 4.68 Å². The second-order valence-electron chi connectivity index (χ2n) is 11.8. The van der Waals surface area contributed by atoms with Crippen molar-refractivity contribution in [3.8, 4) is 22.8 Å². The predicted molar refractivity (Wildman–Crippen MR) is 157 cm³/mol. The van der Waals surface area contributed by atoms with Gasteiger partial charge < -0.3 is 29.3 Å². The summed E-state index contributed by atoms with van der Waals surface area (Å²) in [6.07, 6.45) is -5.20. The number of amides is 2. The molecule has 0 spiro atoms. The number of carbonyl (C=O) groups is 2. The number of nitrogens with one attached hydrogen (secondary N) is 1. The van der Waals surface area contributed by atoms with E-state index in [2.05, 4.69) is 10.4 Å². The van der Waals surface area contributed by atoms with Gasteiger partial charge in [0.2, 0.25) is 0 Å². The standard InChI is InChI=1S/C31H36F3N5O5/c1-30(2,3)44-29(41)38-14-12-37(13-15-38)28(40)20-8-6-19(7-9-20)23-18-27-35-22(17-26(31(32,33)34)39(27)36-23)21-10-11-24(42-4)25(16-21)43-5/h6-11,16,18,22,26,35H,12-15,17H2,1-5H3. The van der Waals surface area contributed by atoms with Crippen molar-refractivity contribution in [2.24, 2.45) is 0 Å². The lowest BCUT2D eigenvalue weighted by atomic mass is 9.96. The number of nitrogens with zero attached hydrogens (tertiary/aromatic N) is 4. The number of hydrogen-bond acceptors (Lipinski definition) is 7. The number of piperazine rings is 1. The second kappa shape index (κ2) is 11.9. The Hall–Kier alpha value is -4.42. The van der Waals surface area contributed by atoms with Crippen molar-refractivity contribution < 1.29 is 37.0 Å². The highest BCUT2D eigenvalue weighted by Crippen LogP contribution is 2.45. The van der Waals surface area contributed by atoms with E-state index < -0.39 is 30.0 Å². The molecule has 1 fully saturated rings. The Morgan fingerprint density at radius 2 is 1.52 bits per heavy atom. The molecule has 2 amide bonds. The Labute approximate surface area is 253 Å². The fraction of sp³-hybridized carbons (Fsp3) is 0.452. The summed E-state index contributed by atoms with van der Waals surface area (Å²) in [5.41, 5.74) is 1.38. The lowest BCUT2D eigenvalue weighted by Crippen LogP contribution is -2.51. The fourth-order valence-corrected chi connectivity index (χ4v) is 5.39. The van der Waals surface area contributed by atoms with E-state index in [-0.39, 0.29) is 18.1 Å². The molecule has 2 unspecified atom stereocenters. The third-order valence-electron chi connectivity index (χ3n) is 7.65. The Morgan fingerprint density at radius 1 is 0.886 bits per heavy atom. The van der Waals surface area contributed by atoms with Crippen LogP contribution in [0.4, 0.5) is 23.8 Å². The zero-order valence-electron chi connectivity index (χ0n) is 25.3. The molecule has 1 N–H and O–H groups in total. The number of anilines is 1. The molecule has 13 heteroatoms. The van der Waals surface area contributed by atoms with Crippen LogP contribution in [0, 0.1) is 0 Å². The Morgan fingerprint density at radius 3 is 2.11 bits per heavy atom. The maximum atomic E-state index is 14.2. The Bertz CT molecular complexity index is 1510. The molecule has 3 aromatic rings. The van der Waals surface area contributed by atoms with Crippen LogP contribution < -0.4 is 14.8 Å². The molecule has 44 heavy (non-hydrogen) atoms. The van der Waals surface area contributed by atoms with Crippen LogP contribution in [-0.2, 0) is 4.74 Å². The predicted octanol–water partition coefficient (Wildman–Crippen LogP) is 5.92. The number of methoxy groups -OCH3 is 2. The molecule has 5 rings (SSSR count). The molecule has 0 bridgehead atoms. The highest BCUT2D eigenvalue weighted by atomic mass is 19.4. The SMILES string of the molecule is COc1ccc(C2CC(C(F)(F)F)n3nc(-c4ccc(C(=O)N5CCN(C(=O)OC(C)(C)C)CC5)cc4)cc3N2)cc1OC. The van der Waals surface area contributed by atoms with E-state index >= 15 is 0 Å². The zero-order valence-corrected chi connectivity index (χ0v) is 25.3. The van der Waals surface area contributed by atoms with Crippen molar-refractivity contribution >= 4 is 17.8 Å². The maximum absolute atomic E-state index is 14.2. The van der Waals surface area contributed by atoms with E-state index in [0.29, 0.717) is 60.1 Å². The first kappa shape index (κ1) is 31.0. The molecular weight excluding hydrogens is 579 g/mol. The molecule has 2 aliphatic heterocycles. The summed E-state index contributed by atoms with van der Waals surface area (Å²) >= 11 is 0. The first-order valence-electron chi connectivity index (χ1n) is 14.3. The van der Waals surface area contributed by atoms with Crippen molar-refractivity contribution in [1.29, 1.82) is 0 Å². The number of fused-ring (bicyclic) bond motifs is 1. The molecule has 2 aliphatic rings. The topological polar surface area (TPSA) is 98.2 Å². The third-order valence-corrected chi connectivity index (χ3v) is 7.65. The van der Waals surface area contributed by atoms with Crippen LogP contribution in [0.25, 0.3) is 11.3 Å². The van der Waals surface area contributed by atoms with Crippen molar-refractivity contribution in [3.63, 3.8) is 0 Å². The normalized spacial score (nSPS) is 18.7. The number of alkyl halides is 3. The molecule has 1 saturated heterocycles. The van der Waals surface area contributed by atoms with Crippen molar-refractivity contribution in [2.45, 2.75) is 51.1 Å². The van der Waals surface area contributed by atoms with Gasteiger partial charge in [0.25, 0.3) is 5.91 Å². The van der Waals surface area contributed by atoms with Gasteiger partial charge in [-0.1, -0.05) is 18.2 Å². The quantitative estimate of drug-likeness (QED) is 0.381. The van der Waals surface area contributed by atoms with Crippen molar-refractivity contribution in [2.75, 3.05) is 45.7 Å². The second-order valence-corrected chi connectivity index (χ2v) is 11.8. The summed E-state index contributed by atoms with van der Waals surface area (Å²) in [5, 5.41) is 7.51. The van der Waals surface area contributed by atoms with Gasteiger partial charge in [0.05, 0.1) is 26.0 Å². The number of ether oxygens (including phenoxy) is 3. The number of benzene rings is 2. The van der Waals surface area contributed by atoms with Crippen LogP contribution >= 0.6 is 0 Å². The minimum atomic E-state index is -4.53. The van der Waals surface area contributed by atoms with E-state index in [1.165, 1.54) is 14.2 Å². The average molecular weight is 616 g/mol. The first-order valence-corrected chi connectivity index (χ1v) is 14.3. The minimum Gasteiger partial charge on any atom is -0.493 e. The zero-order chi connectivity index (χ0) is 31.8. The highest BCUT2D eigenvalue weighted by molar-refractivity contribution is 5.95. The molecular formula is C31H36F3N5O5. The molecule has 1 aromatic heterocycles. The molecule has 0 saturated carbocycles. The van der Waals surface area contributed by atoms with Gasteiger partial charge in [0.15, 0.2) is 17.5 Å². The summed E-state index contributed by atoms with van der Waals surface area (Å²) in [6, 6.07) is 10.8. The van der Waals surface area contributed by atoms with Gasteiger partial charge in [-0.25, -0.2) is 9.48 Å². The van der Waals surface area contributed by atoms with Gasteiger partial charge in [-0.3, -0.25) is 4.79 Å². The summed E-state index contributed by atoms with van der Waals surface area (Å²) < 4.78 is 59.7. The number of rotatable bonds is 5. The van der Waals surface area contributed by atoms with E-state index in [9.17, 15) is 22.8 Å². The molecule has 2 aromatic carbocycles. The van der Waals surface area contributed by atoms with E-state index in [1.54, 1.807) is 79.1 Å². The number of carbonyl (C=O) groups excluding carboxylic acids is 2. The van der Waals surface area contributed by atoms with Gasteiger partial charge in [-0.15, -0.1) is 0 Å². The van der Waals surface area contributed by atoms with Crippen molar-refractivity contribution in [1.82, 2.24) is 19.6 Å². The largest absolute Gasteiger partial charge is 0.493 e. The van der Waals surface area contributed by atoms with Gasteiger partial charge in [-0.05, 0) is 50.6 Å². The van der Waals surface area contributed by atoms with Crippen LogP contribution in [0.2, 0.25) is 0 Å². The third kappa shape index (κ3) is 6.56. The van der Waals surface area contributed by atoms with Crippen LogP contribution in [0.3, 0.4) is 0 Å². The van der Waals surface area contributed by atoms with Crippen LogP contribution in [0.1, 0.15) is 55.2 Å². The molecule has 0 radical (unpaired) electrons. The van der Waals surface area contributed by atoms with Crippen LogP contribution in [0.15, 0.2) is 48.5 Å². The van der Waals surface area contributed by atoms with Crippen molar-refractivity contribution in [3.05, 3.63) is 59.7 Å². The summed E-state index contributed by atoms with van der Waals surface area (Å²) in [5.74, 6) is 0.948.